The van der Waals surface area contributed by atoms with Gasteiger partial charge in [-0.25, -0.2) is 12.8 Å². The summed E-state index contributed by atoms with van der Waals surface area (Å²) in [6.45, 7) is 3.45. The molecule has 0 aliphatic carbocycles. The lowest BCUT2D eigenvalue weighted by atomic mass is 10.1. The minimum Gasteiger partial charge on any atom is -0.348 e. The zero-order chi connectivity index (χ0) is 21.1. The maximum absolute atomic E-state index is 13.1. The van der Waals surface area contributed by atoms with Crippen molar-refractivity contribution in [3.8, 4) is 0 Å². The molecule has 0 bridgehead atoms. The van der Waals surface area contributed by atoms with Crippen LogP contribution in [0.15, 0.2) is 42.5 Å². The van der Waals surface area contributed by atoms with Crippen molar-refractivity contribution in [2.24, 2.45) is 0 Å². The van der Waals surface area contributed by atoms with Crippen LogP contribution in [0.2, 0.25) is 10.0 Å². The van der Waals surface area contributed by atoms with Crippen LogP contribution in [0.4, 0.5) is 10.1 Å². The van der Waals surface area contributed by atoms with Gasteiger partial charge in [0, 0.05) is 0 Å². The second-order valence-corrected chi connectivity index (χ2v) is 9.04. The predicted octanol–water partition coefficient (Wildman–Crippen LogP) is 4.55. The molecule has 9 heteroatoms. The SMILES string of the molecule is CC[C@H](C(=O)N[C@@H](C)c1ccc(F)cc1)N(c1ccc(Cl)c(Cl)c1)S(C)(=O)=O. The molecule has 0 fully saturated rings. The smallest absolute Gasteiger partial charge is 0.244 e. The number of hydrogen-bond donors (Lipinski definition) is 1. The number of anilines is 1. The number of rotatable bonds is 7. The van der Waals surface area contributed by atoms with Gasteiger partial charge < -0.3 is 5.32 Å². The Bertz CT molecular complexity index is 952. The molecule has 0 aliphatic rings. The number of halogens is 3. The zero-order valence-electron chi connectivity index (χ0n) is 15.6. The van der Waals surface area contributed by atoms with Gasteiger partial charge in [0.1, 0.15) is 11.9 Å². The lowest BCUT2D eigenvalue weighted by Crippen LogP contribution is -2.49. The predicted molar refractivity (Wildman–Crippen MR) is 111 cm³/mol. The fraction of sp³-hybridized carbons (Fsp3) is 0.316. The fourth-order valence-corrected chi connectivity index (χ4v) is 4.32. The molecule has 1 amide bonds. The van der Waals surface area contributed by atoms with Crippen LogP contribution in [-0.4, -0.2) is 26.6 Å². The van der Waals surface area contributed by atoms with E-state index in [2.05, 4.69) is 5.32 Å². The molecule has 0 aliphatic heterocycles. The Hall–Kier alpha value is -1.83. The summed E-state index contributed by atoms with van der Waals surface area (Å²) in [5.74, 6) is -0.854. The fourth-order valence-electron chi connectivity index (χ4n) is 2.83. The highest BCUT2D eigenvalue weighted by Gasteiger charge is 2.32. The second kappa shape index (κ2) is 9.11. The van der Waals surface area contributed by atoms with Gasteiger partial charge in [0.15, 0.2) is 0 Å². The molecule has 0 aromatic heterocycles. The van der Waals surface area contributed by atoms with Crippen molar-refractivity contribution in [3.63, 3.8) is 0 Å². The second-order valence-electron chi connectivity index (χ2n) is 6.36. The van der Waals surface area contributed by atoms with E-state index in [1.165, 1.54) is 30.3 Å². The monoisotopic (exact) mass is 446 g/mol. The standard InChI is InChI=1S/C19H21Cl2FN2O3S/c1-4-18(19(25)23-12(2)13-5-7-14(22)8-6-13)24(28(3,26)27)15-9-10-16(20)17(21)11-15/h5-12,18H,4H2,1-3H3,(H,23,25)/t12-,18+/m0/s1. The van der Waals surface area contributed by atoms with Crippen molar-refractivity contribution in [1.29, 1.82) is 0 Å². The van der Waals surface area contributed by atoms with Crippen LogP contribution in [0, 0.1) is 5.82 Å². The first-order chi connectivity index (χ1) is 13.0. The summed E-state index contributed by atoms with van der Waals surface area (Å²) in [4.78, 5) is 12.9. The van der Waals surface area contributed by atoms with Gasteiger partial charge in [0.25, 0.3) is 0 Å². The van der Waals surface area contributed by atoms with Gasteiger partial charge in [0.2, 0.25) is 15.9 Å². The van der Waals surface area contributed by atoms with E-state index in [0.29, 0.717) is 5.56 Å². The normalized spacial score (nSPS) is 13.6. The van der Waals surface area contributed by atoms with E-state index < -0.39 is 28.0 Å². The van der Waals surface area contributed by atoms with E-state index in [1.807, 2.05) is 0 Å². The Labute approximate surface area is 174 Å². The summed E-state index contributed by atoms with van der Waals surface area (Å²) in [5, 5.41) is 3.25. The summed E-state index contributed by atoms with van der Waals surface area (Å²) in [5.41, 5.74) is 0.943. The molecule has 1 N–H and O–H groups in total. The molecule has 0 radical (unpaired) electrons. The third-order valence-electron chi connectivity index (χ3n) is 4.22. The van der Waals surface area contributed by atoms with Crippen molar-refractivity contribution in [3.05, 3.63) is 63.9 Å². The minimum absolute atomic E-state index is 0.183. The van der Waals surface area contributed by atoms with Crippen molar-refractivity contribution in [2.45, 2.75) is 32.4 Å². The highest BCUT2D eigenvalue weighted by atomic mass is 35.5. The Morgan fingerprint density at radius 3 is 2.25 bits per heavy atom. The highest BCUT2D eigenvalue weighted by molar-refractivity contribution is 7.92. The summed E-state index contributed by atoms with van der Waals surface area (Å²) in [6.07, 6.45) is 1.25. The lowest BCUT2D eigenvalue weighted by Gasteiger charge is -2.31. The first kappa shape index (κ1) is 22.5. The summed E-state index contributed by atoms with van der Waals surface area (Å²) in [7, 11) is -3.79. The van der Waals surface area contributed by atoms with Gasteiger partial charge >= 0.3 is 0 Å². The Morgan fingerprint density at radius 1 is 1.14 bits per heavy atom. The minimum atomic E-state index is -3.79. The van der Waals surface area contributed by atoms with Gasteiger partial charge in [-0.15, -0.1) is 0 Å². The van der Waals surface area contributed by atoms with Crippen molar-refractivity contribution in [2.75, 3.05) is 10.6 Å². The molecular formula is C19H21Cl2FN2O3S. The van der Waals surface area contributed by atoms with Gasteiger partial charge in [-0.3, -0.25) is 9.10 Å². The first-order valence-corrected chi connectivity index (χ1v) is 11.1. The summed E-state index contributed by atoms with van der Waals surface area (Å²) in [6, 6.07) is 8.68. The van der Waals surface area contributed by atoms with E-state index >= 15 is 0 Å². The number of nitrogens with zero attached hydrogens (tertiary/aromatic N) is 1. The van der Waals surface area contributed by atoms with E-state index in [9.17, 15) is 17.6 Å². The van der Waals surface area contributed by atoms with Crippen LogP contribution in [0.3, 0.4) is 0 Å². The van der Waals surface area contributed by atoms with Crippen LogP contribution in [0.25, 0.3) is 0 Å². The van der Waals surface area contributed by atoms with E-state index in [-0.39, 0.29) is 28.0 Å². The van der Waals surface area contributed by atoms with Crippen molar-refractivity contribution in [1.82, 2.24) is 5.32 Å². The van der Waals surface area contributed by atoms with Crippen LogP contribution in [-0.2, 0) is 14.8 Å². The van der Waals surface area contributed by atoms with Crippen molar-refractivity contribution < 1.29 is 17.6 Å². The number of benzene rings is 2. The summed E-state index contributed by atoms with van der Waals surface area (Å²) < 4.78 is 39.0. The van der Waals surface area contributed by atoms with E-state index in [4.69, 9.17) is 23.2 Å². The quantitative estimate of drug-likeness (QED) is 0.677. The first-order valence-electron chi connectivity index (χ1n) is 8.55. The Morgan fingerprint density at radius 2 is 1.75 bits per heavy atom. The molecule has 2 atom stereocenters. The van der Waals surface area contributed by atoms with E-state index in [1.54, 1.807) is 26.0 Å². The van der Waals surface area contributed by atoms with Crippen LogP contribution in [0.1, 0.15) is 31.9 Å². The maximum Gasteiger partial charge on any atom is 0.244 e. The topological polar surface area (TPSA) is 66.5 Å². The maximum atomic E-state index is 13.1. The van der Waals surface area contributed by atoms with Crippen molar-refractivity contribution >= 4 is 44.8 Å². The van der Waals surface area contributed by atoms with Gasteiger partial charge in [-0.1, -0.05) is 42.3 Å². The average molecular weight is 447 g/mol. The summed E-state index contributed by atoms with van der Waals surface area (Å²) >= 11 is 11.9. The lowest BCUT2D eigenvalue weighted by molar-refractivity contribution is -0.122. The molecule has 152 valence electrons. The van der Waals surface area contributed by atoms with Gasteiger partial charge in [0.05, 0.1) is 28.0 Å². The number of sulfonamides is 1. The zero-order valence-corrected chi connectivity index (χ0v) is 17.9. The third kappa shape index (κ3) is 5.37. The van der Waals surface area contributed by atoms with Gasteiger partial charge in [-0.2, -0.15) is 0 Å². The number of nitrogens with one attached hydrogen (secondary N) is 1. The van der Waals surface area contributed by atoms with Crippen LogP contribution < -0.4 is 9.62 Å². The van der Waals surface area contributed by atoms with Crippen LogP contribution >= 0.6 is 23.2 Å². The molecule has 5 nitrogen and oxygen atoms in total. The number of hydrogen-bond acceptors (Lipinski definition) is 3. The van der Waals surface area contributed by atoms with Crippen LogP contribution in [0.5, 0.6) is 0 Å². The highest BCUT2D eigenvalue weighted by Crippen LogP contribution is 2.30. The molecule has 0 saturated carbocycles. The Kier molecular flexibility index (Phi) is 7.31. The number of amides is 1. The molecule has 28 heavy (non-hydrogen) atoms. The van der Waals surface area contributed by atoms with E-state index in [0.717, 1.165) is 10.6 Å². The molecule has 0 heterocycles. The molecule has 0 unspecified atom stereocenters. The largest absolute Gasteiger partial charge is 0.348 e. The molecule has 2 rings (SSSR count). The average Bonchev–Trinajstić information content (AvgIpc) is 2.61. The molecule has 2 aromatic rings. The number of carbonyl (C=O) groups excluding carboxylic acids is 1. The molecule has 0 saturated heterocycles. The molecule has 0 spiro atoms. The third-order valence-corrected chi connectivity index (χ3v) is 6.14. The number of carbonyl (C=O) groups is 1. The molecule has 2 aromatic carbocycles. The van der Waals surface area contributed by atoms with Gasteiger partial charge in [-0.05, 0) is 49.2 Å². The Balaban J connectivity index is 2.33. The molecular weight excluding hydrogens is 426 g/mol.